The molecule has 1 aliphatic rings. The lowest BCUT2D eigenvalue weighted by atomic mass is 10.3. The van der Waals surface area contributed by atoms with Gasteiger partial charge < -0.3 is 5.11 Å². The van der Waals surface area contributed by atoms with E-state index >= 15 is 0 Å². The zero-order chi connectivity index (χ0) is 6.74. The van der Waals surface area contributed by atoms with Gasteiger partial charge in [-0.15, -0.1) is 0 Å². The molecule has 1 rings (SSSR count). The first-order valence-corrected chi connectivity index (χ1v) is 2.39. The third-order valence-corrected chi connectivity index (χ3v) is 1.02. The fourth-order valence-electron chi connectivity index (χ4n) is 0.392. The van der Waals surface area contributed by atoms with Crippen LogP contribution < -0.4 is 0 Å². The molecule has 0 aromatic heterocycles. The lowest BCUT2D eigenvalue weighted by molar-refractivity contribution is 0.247. The van der Waals surface area contributed by atoms with E-state index in [0.717, 1.165) is 0 Å². The standard InChI is InChI=1S/C3H5N5O/c4-8-5-1-3(2-9)6-7-3/h9H,1-2H2. The van der Waals surface area contributed by atoms with Crippen molar-refractivity contribution in [2.45, 2.75) is 5.66 Å². The first-order valence-electron chi connectivity index (χ1n) is 2.39. The summed E-state index contributed by atoms with van der Waals surface area (Å²) in [5.41, 5.74) is 7.07. The van der Waals surface area contributed by atoms with E-state index in [1.807, 2.05) is 0 Å². The molecule has 48 valence electrons. The number of nitrogens with zero attached hydrogens (tertiary/aromatic N) is 5. The Morgan fingerprint density at radius 1 is 1.67 bits per heavy atom. The van der Waals surface area contributed by atoms with E-state index in [2.05, 4.69) is 20.3 Å². The highest BCUT2D eigenvalue weighted by Crippen LogP contribution is 2.26. The number of hydrogen-bond donors (Lipinski definition) is 1. The third-order valence-electron chi connectivity index (χ3n) is 1.02. The van der Waals surface area contributed by atoms with Crippen LogP contribution in [-0.4, -0.2) is 23.9 Å². The number of rotatable bonds is 3. The molecule has 0 bridgehead atoms. The zero-order valence-corrected chi connectivity index (χ0v) is 4.60. The summed E-state index contributed by atoms with van der Waals surface area (Å²) in [6.07, 6.45) is 0. The van der Waals surface area contributed by atoms with Crippen molar-refractivity contribution in [1.82, 2.24) is 0 Å². The van der Waals surface area contributed by atoms with Crippen LogP contribution in [0.5, 0.6) is 0 Å². The molecule has 0 aromatic rings. The van der Waals surface area contributed by atoms with Crippen LogP contribution in [0.3, 0.4) is 0 Å². The second-order valence-electron chi connectivity index (χ2n) is 1.73. The van der Waals surface area contributed by atoms with Gasteiger partial charge in [0.25, 0.3) is 0 Å². The van der Waals surface area contributed by atoms with Crippen LogP contribution in [0, 0.1) is 0 Å². The molecule has 0 aliphatic carbocycles. The normalized spacial score (nSPS) is 18.8. The van der Waals surface area contributed by atoms with Crippen LogP contribution in [-0.2, 0) is 0 Å². The fourth-order valence-corrected chi connectivity index (χ4v) is 0.392. The summed E-state index contributed by atoms with van der Waals surface area (Å²) in [5, 5.41) is 18.7. The Hall–Kier alpha value is -1.13. The number of aliphatic hydroxyl groups is 1. The molecule has 0 aromatic carbocycles. The summed E-state index contributed by atoms with van der Waals surface area (Å²) >= 11 is 0. The fraction of sp³-hybridized carbons (Fsp3) is 1.00. The Bertz CT molecular complexity index is 175. The highest BCUT2D eigenvalue weighted by atomic mass is 16.3. The van der Waals surface area contributed by atoms with Crippen molar-refractivity contribution in [3.05, 3.63) is 10.4 Å². The lowest BCUT2D eigenvalue weighted by Crippen LogP contribution is -2.19. The number of aliphatic hydroxyl groups excluding tert-OH is 1. The number of hydrogen-bond acceptors (Lipinski definition) is 4. The molecule has 0 amide bonds. The average Bonchev–Trinajstić information content (AvgIpc) is 2.65. The summed E-state index contributed by atoms with van der Waals surface area (Å²) in [6.45, 7) is -0.0496. The van der Waals surface area contributed by atoms with Crippen LogP contribution in [0.1, 0.15) is 0 Å². The maximum absolute atomic E-state index is 8.51. The van der Waals surface area contributed by atoms with Crippen molar-refractivity contribution in [3.8, 4) is 0 Å². The van der Waals surface area contributed by atoms with Crippen LogP contribution in [0.4, 0.5) is 0 Å². The summed E-state index contributed by atoms with van der Waals surface area (Å²) in [7, 11) is 0. The summed E-state index contributed by atoms with van der Waals surface area (Å²) in [4.78, 5) is 2.50. The molecule has 0 unspecified atom stereocenters. The molecule has 1 aliphatic heterocycles. The van der Waals surface area contributed by atoms with Gasteiger partial charge in [0.1, 0.15) is 0 Å². The SMILES string of the molecule is [N-]=[N+]=NCC1(CO)N=N1. The molecule has 1 heterocycles. The van der Waals surface area contributed by atoms with Gasteiger partial charge >= 0.3 is 0 Å². The second-order valence-corrected chi connectivity index (χ2v) is 1.73. The van der Waals surface area contributed by atoms with Gasteiger partial charge in [0, 0.05) is 4.91 Å². The molecule has 9 heavy (non-hydrogen) atoms. The van der Waals surface area contributed by atoms with Crippen molar-refractivity contribution in [2.75, 3.05) is 13.2 Å². The van der Waals surface area contributed by atoms with E-state index in [9.17, 15) is 0 Å². The topological polar surface area (TPSA) is 93.7 Å². The predicted octanol–water partition coefficient (Wildman–Crippen LogP) is 0.451. The Morgan fingerprint density at radius 3 is 2.67 bits per heavy atom. The Kier molecular flexibility index (Phi) is 1.33. The van der Waals surface area contributed by atoms with E-state index in [0.29, 0.717) is 0 Å². The molecule has 0 spiro atoms. The molecule has 0 saturated carbocycles. The molecule has 1 N–H and O–H groups in total. The first-order chi connectivity index (χ1) is 4.33. The molecule has 6 nitrogen and oxygen atoms in total. The van der Waals surface area contributed by atoms with Gasteiger partial charge in [0.2, 0.25) is 5.66 Å². The summed E-state index contributed by atoms with van der Waals surface area (Å²) < 4.78 is 0. The lowest BCUT2D eigenvalue weighted by Gasteiger charge is -1.97. The minimum Gasteiger partial charge on any atom is -0.392 e. The molecular weight excluding hydrogens is 122 g/mol. The molecule has 6 heteroatoms. The highest BCUT2D eigenvalue weighted by molar-refractivity contribution is 4.94. The van der Waals surface area contributed by atoms with Crippen molar-refractivity contribution < 1.29 is 5.11 Å². The van der Waals surface area contributed by atoms with E-state index in [-0.39, 0.29) is 13.2 Å². The highest BCUT2D eigenvalue weighted by Gasteiger charge is 2.38. The van der Waals surface area contributed by atoms with Crippen LogP contribution >= 0.6 is 0 Å². The van der Waals surface area contributed by atoms with Crippen LogP contribution in [0.2, 0.25) is 0 Å². The maximum Gasteiger partial charge on any atom is 0.219 e. The quantitative estimate of drug-likeness (QED) is 0.332. The van der Waals surface area contributed by atoms with Crippen molar-refractivity contribution in [1.29, 1.82) is 0 Å². The monoisotopic (exact) mass is 127 g/mol. The van der Waals surface area contributed by atoms with Gasteiger partial charge in [-0.1, -0.05) is 5.11 Å². The van der Waals surface area contributed by atoms with Crippen molar-refractivity contribution in [2.24, 2.45) is 15.3 Å². The largest absolute Gasteiger partial charge is 0.392 e. The summed E-state index contributed by atoms with van der Waals surface area (Å²) in [5.74, 6) is 0. The van der Waals surface area contributed by atoms with Crippen LogP contribution in [0.25, 0.3) is 10.4 Å². The first kappa shape index (κ1) is 6.00. The average molecular weight is 127 g/mol. The van der Waals surface area contributed by atoms with Gasteiger partial charge in [-0.25, -0.2) is 0 Å². The predicted molar refractivity (Wildman–Crippen MR) is 28.7 cm³/mol. The van der Waals surface area contributed by atoms with E-state index < -0.39 is 5.66 Å². The Balaban J connectivity index is 2.34. The molecule has 0 saturated heterocycles. The minimum absolute atomic E-state index is 0.125. The number of azide groups is 1. The van der Waals surface area contributed by atoms with Crippen molar-refractivity contribution >= 4 is 0 Å². The van der Waals surface area contributed by atoms with E-state index in [1.54, 1.807) is 0 Å². The van der Waals surface area contributed by atoms with Gasteiger partial charge in [-0.05, 0) is 5.53 Å². The Morgan fingerprint density at radius 2 is 2.33 bits per heavy atom. The molecule has 0 fully saturated rings. The van der Waals surface area contributed by atoms with Gasteiger partial charge in [-0.2, -0.15) is 10.2 Å². The second kappa shape index (κ2) is 2.00. The minimum atomic E-state index is -0.772. The Labute approximate surface area is 50.8 Å². The van der Waals surface area contributed by atoms with E-state index in [1.165, 1.54) is 0 Å². The van der Waals surface area contributed by atoms with Crippen LogP contribution in [0.15, 0.2) is 15.3 Å². The zero-order valence-electron chi connectivity index (χ0n) is 4.60. The third kappa shape index (κ3) is 1.16. The smallest absolute Gasteiger partial charge is 0.219 e. The van der Waals surface area contributed by atoms with Gasteiger partial charge in [0.05, 0.1) is 13.2 Å². The maximum atomic E-state index is 8.51. The van der Waals surface area contributed by atoms with Gasteiger partial charge in [-0.3, -0.25) is 0 Å². The molecular formula is C3H5N5O. The summed E-state index contributed by atoms with van der Waals surface area (Å²) in [6, 6.07) is 0. The molecule has 0 radical (unpaired) electrons. The van der Waals surface area contributed by atoms with Crippen molar-refractivity contribution in [3.63, 3.8) is 0 Å². The molecule has 0 atom stereocenters. The van der Waals surface area contributed by atoms with Gasteiger partial charge in [0.15, 0.2) is 0 Å². The van der Waals surface area contributed by atoms with E-state index in [4.69, 9.17) is 10.6 Å².